The lowest BCUT2D eigenvalue weighted by atomic mass is 10.3. The van der Waals surface area contributed by atoms with Crippen molar-refractivity contribution < 1.29 is 23.1 Å². The van der Waals surface area contributed by atoms with Gasteiger partial charge in [0, 0.05) is 17.9 Å². The van der Waals surface area contributed by atoms with Gasteiger partial charge in [-0.15, -0.1) is 11.8 Å². The maximum absolute atomic E-state index is 13.8. The van der Waals surface area contributed by atoms with Crippen LogP contribution in [-0.4, -0.2) is 23.7 Å². The Morgan fingerprint density at radius 3 is 2.59 bits per heavy atom. The van der Waals surface area contributed by atoms with E-state index in [1.807, 2.05) is 6.92 Å². The monoisotopic (exact) mass is 331 g/mol. The number of ether oxygens (including phenoxy) is 1. The molecule has 7 heteroatoms. The smallest absolute Gasteiger partial charge is 0.319 e. The number of carbonyl (C=O) groups is 2. The average Bonchev–Trinajstić information content (AvgIpc) is 2.43. The molecule has 1 aromatic rings. The lowest BCUT2D eigenvalue weighted by Gasteiger charge is -2.13. The molecule has 0 bridgehead atoms. The highest BCUT2D eigenvalue weighted by molar-refractivity contribution is 8.00. The van der Waals surface area contributed by atoms with E-state index in [0.29, 0.717) is 12.7 Å². The summed E-state index contributed by atoms with van der Waals surface area (Å²) >= 11 is 0.919. The van der Waals surface area contributed by atoms with Gasteiger partial charge in [-0.25, -0.2) is 8.78 Å². The summed E-state index contributed by atoms with van der Waals surface area (Å²) in [6, 6.07) is 1.86. The molecule has 0 radical (unpaired) electrons. The SMILES string of the molecule is CCCCOC(=O)C(C)Sc1cc(NC(C)=O)c(F)cc1F. The molecule has 1 unspecified atom stereocenters. The highest BCUT2D eigenvalue weighted by atomic mass is 32.2. The molecule has 0 fully saturated rings. The third-order valence-corrected chi connectivity index (χ3v) is 3.82. The van der Waals surface area contributed by atoms with Crippen LogP contribution in [0.15, 0.2) is 17.0 Å². The number of benzene rings is 1. The van der Waals surface area contributed by atoms with Crippen molar-refractivity contribution in [3.8, 4) is 0 Å². The summed E-state index contributed by atoms with van der Waals surface area (Å²) in [7, 11) is 0. The molecule has 0 saturated heterocycles. The Bertz CT molecular complexity index is 552. The van der Waals surface area contributed by atoms with Crippen LogP contribution in [0.3, 0.4) is 0 Å². The second-order valence-corrected chi connectivity index (χ2v) is 6.11. The van der Waals surface area contributed by atoms with E-state index in [9.17, 15) is 18.4 Å². The minimum atomic E-state index is -0.866. The van der Waals surface area contributed by atoms with Crippen molar-refractivity contribution in [3.05, 3.63) is 23.8 Å². The Balaban J connectivity index is 2.79. The zero-order valence-corrected chi connectivity index (χ0v) is 13.6. The third-order valence-electron chi connectivity index (χ3n) is 2.71. The van der Waals surface area contributed by atoms with Gasteiger partial charge >= 0.3 is 5.97 Å². The number of nitrogens with one attached hydrogen (secondary N) is 1. The first kappa shape index (κ1) is 18.4. The summed E-state index contributed by atoms with van der Waals surface area (Å²) in [5.41, 5.74) is -0.122. The van der Waals surface area contributed by atoms with Crippen LogP contribution in [0.4, 0.5) is 14.5 Å². The summed E-state index contributed by atoms with van der Waals surface area (Å²) < 4.78 is 32.4. The number of amides is 1. The van der Waals surface area contributed by atoms with Gasteiger partial charge in [-0.1, -0.05) is 13.3 Å². The minimum Gasteiger partial charge on any atom is -0.465 e. The Morgan fingerprint density at radius 1 is 1.32 bits per heavy atom. The van der Waals surface area contributed by atoms with E-state index >= 15 is 0 Å². The van der Waals surface area contributed by atoms with Crippen molar-refractivity contribution >= 4 is 29.3 Å². The number of unbranched alkanes of at least 4 members (excludes halogenated alkanes) is 1. The van der Waals surface area contributed by atoms with E-state index in [1.54, 1.807) is 6.92 Å². The first-order chi connectivity index (χ1) is 10.3. The molecule has 122 valence electrons. The first-order valence-corrected chi connectivity index (χ1v) is 7.83. The molecule has 4 nitrogen and oxygen atoms in total. The van der Waals surface area contributed by atoms with Crippen molar-refractivity contribution in [2.75, 3.05) is 11.9 Å². The van der Waals surface area contributed by atoms with Gasteiger partial charge in [-0.2, -0.15) is 0 Å². The second kappa shape index (κ2) is 8.73. The molecule has 1 amide bonds. The van der Waals surface area contributed by atoms with E-state index in [4.69, 9.17) is 4.74 Å². The van der Waals surface area contributed by atoms with Crippen LogP contribution in [0, 0.1) is 11.6 Å². The topological polar surface area (TPSA) is 55.4 Å². The van der Waals surface area contributed by atoms with Gasteiger partial charge in [-0.3, -0.25) is 9.59 Å². The van der Waals surface area contributed by atoms with E-state index in [0.717, 1.165) is 24.6 Å². The van der Waals surface area contributed by atoms with Crippen LogP contribution in [0.1, 0.15) is 33.6 Å². The number of hydrogen-bond acceptors (Lipinski definition) is 4. The van der Waals surface area contributed by atoms with Gasteiger partial charge in [0.05, 0.1) is 12.3 Å². The van der Waals surface area contributed by atoms with E-state index in [1.165, 1.54) is 13.0 Å². The van der Waals surface area contributed by atoms with Crippen LogP contribution in [0.5, 0.6) is 0 Å². The number of thioether (sulfide) groups is 1. The molecule has 1 aromatic carbocycles. The Kier molecular flexibility index (Phi) is 7.31. The highest BCUT2D eigenvalue weighted by Crippen LogP contribution is 2.31. The summed E-state index contributed by atoms with van der Waals surface area (Å²) in [6.45, 7) is 5.11. The molecule has 0 spiro atoms. The summed E-state index contributed by atoms with van der Waals surface area (Å²) in [5.74, 6) is -2.57. The Morgan fingerprint density at radius 2 is 2.00 bits per heavy atom. The number of hydrogen-bond donors (Lipinski definition) is 1. The number of esters is 1. The zero-order valence-electron chi connectivity index (χ0n) is 12.7. The Labute approximate surface area is 132 Å². The zero-order chi connectivity index (χ0) is 16.7. The molecule has 0 aliphatic heterocycles. The fourth-order valence-electron chi connectivity index (χ4n) is 1.58. The molecule has 0 aliphatic rings. The molecule has 1 atom stereocenters. The van der Waals surface area contributed by atoms with Crippen molar-refractivity contribution in [2.45, 2.75) is 43.8 Å². The molecule has 1 N–H and O–H groups in total. The van der Waals surface area contributed by atoms with Crippen LogP contribution in [0.2, 0.25) is 0 Å². The first-order valence-electron chi connectivity index (χ1n) is 6.95. The third kappa shape index (κ3) is 5.63. The summed E-state index contributed by atoms with van der Waals surface area (Å²) in [5, 5.41) is 1.64. The molecule has 0 aromatic heterocycles. The molecule has 0 heterocycles. The molecule has 22 heavy (non-hydrogen) atoms. The van der Waals surface area contributed by atoms with E-state index < -0.39 is 28.8 Å². The number of halogens is 2. The lowest BCUT2D eigenvalue weighted by Crippen LogP contribution is -2.17. The largest absolute Gasteiger partial charge is 0.465 e. The van der Waals surface area contributed by atoms with Gasteiger partial charge < -0.3 is 10.1 Å². The molecule has 1 rings (SSSR count). The van der Waals surface area contributed by atoms with Gasteiger partial charge in [0.2, 0.25) is 5.91 Å². The van der Waals surface area contributed by atoms with Crippen LogP contribution in [0.25, 0.3) is 0 Å². The number of rotatable bonds is 7. The Hall–Kier alpha value is -1.63. The molecule has 0 aliphatic carbocycles. The van der Waals surface area contributed by atoms with Crippen molar-refractivity contribution in [3.63, 3.8) is 0 Å². The minimum absolute atomic E-state index is 0.0742. The normalized spacial score (nSPS) is 11.9. The van der Waals surface area contributed by atoms with E-state index in [2.05, 4.69) is 5.32 Å². The van der Waals surface area contributed by atoms with Crippen LogP contribution < -0.4 is 5.32 Å². The fraction of sp³-hybridized carbons (Fsp3) is 0.467. The molecular formula is C15H19F2NO3S. The maximum atomic E-state index is 13.8. The van der Waals surface area contributed by atoms with Gasteiger partial charge in [0.1, 0.15) is 16.9 Å². The van der Waals surface area contributed by atoms with Crippen molar-refractivity contribution in [2.24, 2.45) is 0 Å². The van der Waals surface area contributed by atoms with Crippen LogP contribution in [-0.2, 0) is 14.3 Å². The number of anilines is 1. The average molecular weight is 331 g/mol. The summed E-state index contributed by atoms with van der Waals surface area (Å²) in [4.78, 5) is 22.8. The fourth-order valence-corrected chi connectivity index (χ4v) is 2.48. The maximum Gasteiger partial charge on any atom is 0.319 e. The predicted octanol–water partition coefficient (Wildman–Crippen LogP) is 3.75. The predicted molar refractivity (Wildman–Crippen MR) is 81.8 cm³/mol. The van der Waals surface area contributed by atoms with Gasteiger partial charge in [-0.05, 0) is 19.4 Å². The molecule has 0 saturated carbocycles. The van der Waals surface area contributed by atoms with Crippen molar-refractivity contribution in [1.82, 2.24) is 0 Å². The van der Waals surface area contributed by atoms with Gasteiger partial charge in [0.25, 0.3) is 0 Å². The highest BCUT2D eigenvalue weighted by Gasteiger charge is 2.19. The lowest BCUT2D eigenvalue weighted by molar-refractivity contribution is -0.142. The second-order valence-electron chi connectivity index (χ2n) is 4.72. The van der Waals surface area contributed by atoms with Crippen molar-refractivity contribution in [1.29, 1.82) is 0 Å². The standard InChI is InChI=1S/C15H19F2NO3S/c1-4-5-6-21-15(20)9(2)22-14-8-13(18-10(3)19)11(16)7-12(14)17/h7-9H,4-6H2,1-3H3,(H,18,19). The van der Waals surface area contributed by atoms with Gasteiger partial charge in [0.15, 0.2) is 0 Å². The summed E-state index contributed by atoms with van der Waals surface area (Å²) in [6.07, 6.45) is 1.67. The molecular weight excluding hydrogens is 312 g/mol. The van der Waals surface area contributed by atoms with E-state index in [-0.39, 0.29) is 10.6 Å². The quantitative estimate of drug-likeness (QED) is 0.470. The number of carbonyl (C=O) groups excluding carboxylic acids is 2. The van der Waals surface area contributed by atoms with Crippen LogP contribution >= 0.6 is 11.8 Å².